The van der Waals surface area contributed by atoms with E-state index < -0.39 is 0 Å². The Morgan fingerprint density at radius 1 is 0.867 bits per heavy atom. The molecule has 0 bridgehead atoms. The van der Waals surface area contributed by atoms with Crippen LogP contribution in [-0.4, -0.2) is 54.3 Å². The molecule has 1 fully saturated rings. The van der Waals surface area contributed by atoms with Crippen molar-refractivity contribution in [3.8, 4) is 0 Å². The summed E-state index contributed by atoms with van der Waals surface area (Å²) in [5.41, 5.74) is 1.81. The first-order valence-electron chi connectivity index (χ1n) is 10.4. The van der Waals surface area contributed by atoms with Gasteiger partial charge in [0.15, 0.2) is 0 Å². The van der Waals surface area contributed by atoms with Gasteiger partial charge in [0.1, 0.15) is 0 Å². The first kappa shape index (κ1) is 20.1. The predicted molar refractivity (Wildman–Crippen MR) is 119 cm³/mol. The molecule has 5 nitrogen and oxygen atoms in total. The molecule has 30 heavy (non-hydrogen) atoms. The predicted octanol–water partition coefficient (Wildman–Crippen LogP) is 3.48. The summed E-state index contributed by atoms with van der Waals surface area (Å²) in [4.78, 5) is 29.1. The molecule has 5 heteroatoms. The molecule has 1 aliphatic rings. The molecule has 0 saturated carbocycles. The van der Waals surface area contributed by atoms with Gasteiger partial charge in [0, 0.05) is 31.7 Å². The Labute approximate surface area is 177 Å². The van der Waals surface area contributed by atoms with Gasteiger partial charge < -0.3 is 10.2 Å². The van der Waals surface area contributed by atoms with E-state index in [1.54, 1.807) is 0 Å². The lowest BCUT2D eigenvalue weighted by Crippen LogP contribution is -2.51. The summed E-state index contributed by atoms with van der Waals surface area (Å²) in [6, 6.07) is 23.8. The summed E-state index contributed by atoms with van der Waals surface area (Å²) < 4.78 is 0. The smallest absolute Gasteiger partial charge is 0.253 e. The maximum atomic E-state index is 12.6. The molecule has 154 valence electrons. The van der Waals surface area contributed by atoms with E-state index in [4.69, 9.17) is 0 Å². The number of rotatable bonds is 5. The monoisotopic (exact) mass is 401 g/mol. The zero-order valence-electron chi connectivity index (χ0n) is 17.3. The third kappa shape index (κ3) is 4.69. The summed E-state index contributed by atoms with van der Waals surface area (Å²) in [5, 5.41) is 5.48. The van der Waals surface area contributed by atoms with Crippen molar-refractivity contribution >= 4 is 22.6 Å². The van der Waals surface area contributed by atoms with Gasteiger partial charge in [0.25, 0.3) is 5.91 Å². The topological polar surface area (TPSA) is 52.7 Å². The van der Waals surface area contributed by atoms with E-state index in [-0.39, 0.29) is 17.9 Å². The lowest BCUT2D eigenvalue weighted by atomic mass is 10.0. The number of nitrogens with zero attached hydrogens (tertiary/aromatic N) is 2. The Morgan fingerprint density at radius 3 is 2.27 bits per heavy atom. The van der Waals surface area contributed by atoms with E-state index >= 15 is 0 Å². The highest BCUT2D eigenvalue weighted by molar-refractivity contribution is 5.94. The van der Waals surface area contributed by atoms with E-state index in [2.05, 4.69) is 40.5 Å². The average Bonchev–Trinajstić information content (AvgIpc) is 2.79. The normalized spacial score (nSPS) is 15.7. The first-order valence-corrected chi connectivity index (χ1v) is 10.4. The van der Waals surface area contributed by atoms with Crippen LogP contribution >= 0.6 is 0 Å². The van der Waals surface area contributed by atoms with Crippen LogP contribution in [0.5, 0.6) is 0 Å². The third-order valence-corrected chi connectivity index (χ3v) is 5.70. The molecule has 4 rings (SSSR count). The molecule has 3 aromatic rings. The summed E-state index contributed by atoms with van der Waals surface area (Å²) in [7, 11) is 0. The van der Waals surface area contributed by atoms with E-state index in [1.807, 2.05) is 54.3 Å². The van der Waals surface area contributed by atoms with Gasteiger partial charge in [-0.25, -0.2) is 0 Å². The van der Waals surface area contributed by atoms with Crippen molar-refractivity contribution in [2.75, 3.05) is 32.7 Å². The van der Waals surface area contributed by atoms with Gasteiger partial charge in [-0.3, -0.25) is 14.5 Å². The average molecular weight is 402 g/mol. The second-order valence-electron chi connectivity index (χ2n) is 7.83. The minimum absolute atomic E-state index is 0.0125. The van der Waals surface area contributed by atoms with Crippen LogP contribution in [-0.2, 0) is 4.79 Å². The highest BCUT2D eigenvalue weighted by Crippen LogP contribution is 2.20. The van der Waals surface area contributed by atoms with Crippen molar-refractivity contribution in [3.05, 3.63) is 83.9 Å². The maximum absolute atomic E-state index is 12.6. The van der Waals surface area contributed by atoms with Gasteiger partial charge in [0.2, 0.25) is 5.91 Å². The van der Waals surface area contributed by atoms with Gasteiger partial charge in [0.05, 0.1) is 12.6 Å². The standard InChI is InChI=1S/C25H27N3O2/c1-19(22-12-11-20-7-5-6-10-23(20)17-22)26-24(29)18-27-13-15-28(16-14-27)25(30)21-8-3-2-4-9-21/h2-12,17,19H,13-16,18H2,1H3,(H,26,29). The number of benzene rings is 3. The van der Waals surface area contributed by atoms with Crippen LogP contribution in [0, 0.1) is 0 Å². The summed E-state index contributed by atoms with van der Waals surface area (Å²) in [5.74, 6) is 0.0723. The Balaban J connectivity index is 1.27. The van der Waals surface area contributed by atoms with Crippen LogP contribution in [0.3, 0.4) is 0 Å². The number of carbonyl (C=O) groups excluding carboxylic acids is 2. The van der Waals surface area contributed by atoms with Gasteiger partial charge in [-0.1, -0.05) is 54.6 Å². The molecule has 1 unspecified atom stereocenters. The lowest BCUT2D eigenvalue weighted by molar-refractivity contribution is -0.123. The van der Waals surface area contributed by atoms with Crippen LogP contribution in [0.4, 0.5) is 0 Å². The molecular formula is C25H27N3O2. The zero-order valence-corrected chi connectivity index (χ0v) is 17.3. The maximum Gasteiger partial charge on any atom is 0.253 e. The number of amides is 2. The fraction of sp³-hybridized carbons (Fsp3) is 0.280. The van der Waals surface area contributed by atoms with Gasteiger partial charge in [-0.05, 0) is 41.5 Å². The molecule has 1 atom stereocenters. The van der Waals surface area contributed by atoms with Crippen LogP contribution in [0.25, 0.3) is 10.8 Å². The second kappa shape index (κ2) is 9.09. The summed E-state index contributed by atoms with van der Waals surface area (Å²) >= 11 is 0. The molecule has 1 heterocycles. The molecule has 1 N–H and O–H groups in total. The van der Waals surface area contributed by atoms with Gasteiger partial charge in [-0.15, -0.1) is 0 Å². The quantitative estimate of drug-likeness (QED) is 0.712. The third-order valence-electron chi connectivity index (χ3n) is 5.70. The first-order chi connectivity index (χ1) is 14.6. The van der Waals surface area contributed by atoms with Crippen LogP contribution in [0.2, 0.25) is 0 Å². The number of piperazine rings is 1. The van der Waals surface area contributed by atoms with Gasteiger partial charge in [-0.2, -0.15) is 0 Å². The number of hydrogen-bond acceptors (Lipinski definition) is 3. The Hall–Kier alpha value is -3.18. The molecule has 0 spiro atoms. The van der Waals surface area contributed by atoms with E-state index in [9.17, 15) is 9.59 Å². The second-order valence-corrected chi connectivity index (χ2v) is 7.83. The summed E-state index contributed by atoms with van der Waals surface area (Å²) in [6.45, 7) is 5.05. The van der Waals surface area contributed by atoms with E-state index in [0.29, 0.717) is 38.3 Å². The molecule has 1 aliphatic heterocycles. The largest absolute Gasteiger partial charge is 0.348 e. The number of carbonyl (C=O) groups is 2. The number of nitrogens with one attached hydrogen (secondary N) is 1. The SMILES string of the molecule is CC(NC(=O)CN1CCN(C(=O)c2ccccc2)CC1)c1ccc2ccccc2c1. The number of hydrogen-bond donors (Lipinski definition) is 1. The molecule has 0 aromatic heterocycles. The molecular weight excluding hydrogens is 374 g/mol. The van der Waals surface area contributed by atoms with E-state index in [1.165, 1.54) is 10.8 Å². The molecule has 3 aromatic carbocycles. The van der Waals surface area contributed by atoms with Crippen molar-refractivity contribution in [2.24, 2.45) is 0 Å². The Kier molecular flexibility index (Phi) is 6.10. The fourth-order valence-corrected chi connectivity index (χ4v) is 3.92. The molecule has 2 amide bonds. The Bertz CT molecular complexity index is 1030. The minimum atomic E-state index is -0.0527. The van der Waals surface area contributed by atoms with Crippen molar-refractivity contribution in [1.29, 1.82) is 0 Å². The van der Waals surface area contributed by atoms with Gasteiger partial charge >= 0.3 is 0 Å². The van der Waals surface area contributed by atoms with Crippen molar-refractivity contribution in [3.63, 3.8) is 0 Å². The van der Waals surface area contributed by atoms with Crippen LogP contribution in [0.1, 0.15) is 28.9 Å². The van der Waals surface area contributed by atoms with Crippen LogP contribution < -0.4 is 5.32 Å². The Morgan fingerprint density at radius 2 is 1.53 bits per heavy atom. The van der Waals surface area contributed by atoms with Crippen molar-refractivity contribution in [1.82, 2.24) is 15.1 Å². The minimum Gasteiger partial charge on any atom is -0.348 e. The van der Waals surface area contributed by atoms with Crippen molar-refractivity contribution in [2.45, 2.75) is 13.0 Å². The zero-order chi connectivity index (χ0) is 20.9. The van der Waals surface area contributed by atoms with Crippen molar-refractivity contribution < 1.29 is 9.59 Å². The number of fused-ring (bicyclic) bond motifs is 1. The van der Waals surface area contributed by atoms with E-state index in [0.717, 1.165) is 5.56 Å². The highest BCUT2D eigenvalue weighted by atomic mass is 16.2. The molecule has 0 aliphatic carbocycles. The fourth-order valence-electron chi connectivity index (χ4n) is 3.92. The molecule has 1 saturated heterocycles. The lowest BCUT2D eigenvalue weighted by Gasteiger charge is -2.34. The highest BCUT2D eigenvalue weighted by Gasteiger charge is 2.23. The van der Waals surface area contributed by atoms with Crippen LogP contribution in [0.15, 0.2) is 72.8 Å². The summed E-state index contributed by atoms with van der Waals surface area (Å²) in [6.07, 6.45) is 0. The molecule has 0 radical (unpaired) electrons.